The summed E-state index contributed by atoms with van der Waals surface area (Å²) in [5, 5.41) is 11.4. The first-order chi connectivity index (χ1) is 10.4. The molecule has 8 nitrogen and oxygen atoms in total. The van der Waals surface area contributed by atoms with Crippen molar-refractivity contribution in [2.45, 2.75) is 25.7 Å². The van der Waals surface area contributed by atoms with Gasteiger partial charge in [-0.15, -0.1) is 0 Å². The Morgan fingerprint density at radius 3 is 2.50 bits per heavy atom. The average molecular weight is 333 g/mol. The highest BCUT2D eigenvalue weighted by Crippen LogP contribution is 2.25. The third-order valence-electron chi connectivity index (χ3n) is 4.29. The van der Waals surface area contributed by atoms with E-state index in [1.54, 1.807) is 0 Å². The molecule has 1 saturated carbocycles. The van der Waals surface area contributed by atoms with Crippen molar-refractivity contribution in [3.63, 3.8) is 0 Å². The first-order valence-electron chi connectivity index (χ1n) is 7.60. The van der Waals surface area contributed by atoms with Gasteiger partial charge in [-0.25, -0.2) is 17.9 Å². The topological polar surface area (TPSA) is 116 Å². The SMILES string of the molecule is O=C(O)C1CCN(C(=O)NCCS(=O)(=O)NCC2CCC2)C1. The summed E-state index contributed by atoms with van der Waals surface area (Å²) >= 11 is 0. The molecule has 0 bridgehead atoms. The largest absolute Gasteiger partial charge is 0.481 e. The molecular weight excluding hydrogens is 310 g/mol. The molecule has 126 valence electrons. The van der Waals surface area contributed by atoms with Gasteiger partial charge in [-0.2, -0.15) is 0 Å². The molecule has 2 amide bonds. The minimum absolute atomic E-state index is 0.0209. The third kappa shape index (κ3) is 4.84. The van der Waals surface area contributed by atoms with E-state index in [1.807, 2.05) is 0 Å². The maximum atomic E-state index is 11.8. The highest BCUT2D eigenvalue weighted by atomic mass is 32.2. The smallest absolute Gasteiger partial charge is 0.317 e. The predicted molar refractivity (Wildman–Crippen MR) is 79.8 cm³/mol. The van der Waals surface area contributed by atoms with Crippen molar-refractivity contribution in [3.8, 4) is 0 Å². The lowest BCUT2D eigenvalue weighted by Crippen LogP contribution is -2.42. The molecular formula is C13H23N3O5S. The summed E-state index contributed by atoms with van der Waals surface area (Å²) in [5.74, 6) is -1.15. The van der Waals surface area contributed by atoms with Gasteiger partial charge < -0.3 is 15.3 Å². The Morgan fingerprint density at radius 2 is 1.95 bits per heavy atom. The van der Waals surface area contributed by atoms with E-state index in [9.17, 15) is 18.0 Å². The second-order valence-corrected chi connectivity index (χ2v) is 7.89. The molecule has 1 atom stereocenters. The molecule has 0 aromatic rings. The van der Waals surface area contributed by atoms with Crippen LogP contribution in [0.15, 0.2) is 0 Å². The minimum atomic E-state index is -3.37. The Kier molecular flexibility index (Phi) is 5.63. The van der Waals surface area contributed by atoms with Crippen molar-refractivity contribution < 1.29 is 23.1 Å². The van der Waals surface area contributed by atoms with Crippen molar-refractivity contribution in [3.05, 3.63) is 0 Å². The fourth-order valence-corrected chi connectivity index (χ4v) is 3.57. The number of nitrogens with zero attached hydrogens (tertiary/aromatic N) is 1. The molecule has 0 aromatic carbocycles. The van der Waals surface area contributed by atoms with E-state index < -0.39 is 27.9 Å². The van der Waals surface area contributed by atoms with Crippen LogP contribution < -0.4 is 10.0 Å². The van der Waals surface area contributed by atoms with Crippen LogP contribution in [0.2, 0.25) is 0 Å². The van der Waals surface area contributed by atoms with Gasteiger partial charge in [-0.05, 0) is 25.2 Å². The van der Waals surface area contributed by atoms with Crippen LogP contribution in [-0.4, -0.2) is 62.4 Å². The van der Waals surface area contributed by atoms with Crippen LogP contribution in [0, 0.1) is 11.8 Å². The number of carboxylic acids is 1. The summed E-state index contributed by atoms with van der Waals surface area (Å²) in [5.41, 5.74) is 0. The first kappa shape index (κ1) is 17.0. The number of aliphatic carboxylic acids is 1. The number of urea groups is 1. The number of rotatable bonds is 7. The van der Waals surface area contributed by atoms with Crippen LogP contribution in [0.3, 0.4) is 0 Å². The van der Waals surface area contributed by atoms with E-state index in [4.69, 9.17) is 5.11 Å². The number of carboxylic acid groups (broad SMARTS) is 1. The van der Waals surface area contributed by atoms with Gasteiger partial charge in [-0.3, -0.25) is 4.79 Å². The van der Waals surface area contributed by atoms with Crippen LogP contribution in [-0.2, 0) is 14.8 Å². The number of hydrogen-bond donors (Lipinski definition) is 3. The van der Waals surface area contributed by atoms with Gasteiger partial charge in [0.15, 0.2) is 0 Å². The standard InChI is InChI=1S/C13H23N3O5S/c17-12(18)11-4-6-16(9-11)13(19)14-5-7-22(20,21)15-8-10-2-1-3-10/h10-11,15H,1-9H2,(H,14,19)(H,17,18). The van der Waals surface area contributed by atoms with E-state index in [1.165, 1.54) is 4.90 Å². The Balaban J connectivity index is 1.64. The summed E-state index contributed by atoms with van der Waals surface area (Å²) in [6.07, 6.45) is 3.73. The summed E-state index contributed by atoms with van der Waals surface area (Å²) in [6.45, 7) is 1.05. The van der Waals surface area contributed by atoms with E-state index in [0.717, 1.165) is 19.3 Å². The monoisotopic (exact) mass is 333 g/mol. The number of amides is 2. The third-order valence-corrected chi connectivity index (χ3v) is 5.64. The molecule has 2 rings (SSSR count). The molecule has 0 spiro atoms. The lowest BCUT2D eigenvalue weighted by Gasteiger charge is -2.25. The van der Waals surface area contributed by atoms with Crippen LogP contribution in [0.4, 0.5) is 4.79 Å². The Hall–Kier alpha value is -1.35. The number of nitrogens with one attached hydrogen (secondary N) is 2. The summed E-state index contributed by atoms with van der Waals surface area (Å²) in [6, 6.07) is -0.405. The predicted octanol–water partition coefficient (Wildman–Crippen LogP) is -0.178. The molecule has 2 fully saturated rings. The summed E-state index contributed by atoms with van der Waals surface area (Å²) in [4.78, 5) is 24.1. The number of carbonyl (C=O) groups excluding carboxylic acids is 1. The quantitative estimate of drug-likeness (QED) is 0.598. The van der Waals surface area contributed by atoms with Crippen molar-refractivity contribution in [2.24, 2.45) is 11.8 Å². The number of likely N-dealkylation sites (tertiary alicyclic amines) is 1. The molecule has 22 heavy (non-hydrogen) atoms. The second kappa shape index (κ2) is 7.28. The lowest BCUT2D eigenvalue weighted by molar-refractivity contribution is -0.141. The second-order valence-electron chi connectivity index (χ2n) is 5.97. The van der Waals surface area contributed by atoms with E-state index >= 15 is 0 Å². The fourth-order valence-electron chi connectivity index (χ4n) is 2.56. The Bertz CT molecular complexity index is 518. The van der Waals surface area contributed by atoms with E-state index in [0.29, 0.717) is 25.4 Å². The number of carbonyl (C=O) groups is 2. The van der Waals surface area contributed by atoms with Gasteiger partial charge >= 0.3 is 12.0 Å². The van der Waals surface area contributed by atoms with Gasteiger partial charge in [0.05, 0.1) is 11.7 Å². The summed E-state index contributed by atoms with van der Waals surface area (Å²) < 4.78 is 26.1. The molecule has 1 aliphatic carbocycles. The zero-order valence-corrected chi connectivity index (χ0v) is 13.3. The first-order valence-corrected chi connectivity index (χ1v) is 9.25. The van der Waals surface area contributed by atoms with Crippen molar-refractivity contribution in [1.82, 2.24) is 14.9 Å². The zero-order chi connectivity index (χ0) is 16.2. The van der Waals surface area contributed by atoms with Crippen LogP contribution in [0.25, 0.3) is 0 Å². The number of hydrogen-bond acceptors (Lipinski definition) is 4. The van der Waals surface area contributed by atoms with Gasteiger partial charge in [0.25, 0.3) is 0 Å². The molecule has 1 aliphatic heterocycles. The van der Waals surface area contributed by atoms with Gasteiger partial charge in [-0.1, -0.05) is 6.42 Å². The molecule has 0 aromatic heterocycles. The Morgan fingerprint density at radius 1 is 1.23 bits per heavy atom. The molecule has 2 aliphatic rings. The van der Waals surface area contributed by atoms with Gasteiger partial charge in [0.2, 0.25) is 10.0 Å². The van der Waals surface area contributed by atoms with E-state index in [-0.39, 0.29) is 18.8 Å². The molecule has 1 heterocycles. The molecule has 3 N–H and O–H groups in total. The molecule has 9 heteroatoms. The van der Waals surface area contributed by atoms with Gasteiger partial charge in [0.1, 0.15) is 0 Å². The maximum Gasteiger partial charge on any atom is 0.317 e. The molecule has 0 radical (unpaired) electrons. The van der Waals surface area contributed by atoms with Crippen molar-refractivity contribution >= 4 is 22.0 Å². The highest BCUT2D eigenvalue weighted by Gasteiger charge is 2.30. The lowest BCUT2D eigenvalue weighted by atomic mass is 9.86. The Labute approximate surface area is 130 Å². The zero-order valence-electron chi connectivity index (χ0n) is 12.5. The normalized spacial score (nSPS) is 22.4. The fraction of sp³-hybridized carbons (Fsp3) is 0.846. The molecule has 1 unspecified atom stereocenters. The van der Waals surface area contributed by atoms with Crippen molar-refractivity contribution in [2.75, 3.05) is 31.9 Å². The van der Waals surface area contributed by atoms with Gasteiger partial charge in [0, 0.05) is 26.2 Å². The maximum absolute atomic E-state index is 11.8. The van der Waals surface area contributed by atoms with Crippen LogP contribution in [0.5, 0.6) is 0 Å². The van der Waals surface area contributed by atoms with Crippen LogP contribution in [0.1, 0.15) is 25.7 Å². The summed E-state index contributed by atoms with van der Waals surface area (Å²) in [7, 11) is -3.37. The van der Waals surface area contributed by atoms with E-state index in [2.05, 4.69) is 10.0 Å². The molecule has 1 saturated heterocycles. The minimum Gasteiger partial charge on any atom is -0.481 e. The number of sulfonamides is 1. The van der Waals surface area contributed by atoms with Crippen LogP contribution >= 0.6 is 0 Å². The average Bonchev–Trinajstić information content (AvgIpc) is 2.86. The highest BCUT2D eigenvalue weighted by molar-refractivity contribution is 7.89. The van der Waals surface area contributed by atoms with Crippen molar-refractivity contribution in [1.29, 1.82) is 0 Å².